The molecule has 2 aromatic heterocycles. The number of carbonyl (C=O) groups excluding carboxylic acids is 1. The van der Waals surface area contributed by atoms with Crippen LogP contribution in [0.15, 0.2) is 24.5 Å². The average molecular weight is 230 g/mol. The van der Waals surface area contributed by atoms with E-state index in [1.54, 1.807) is 12.4 Å². The van der Waals surface area contributed by atoms with Crippen molar-refractivity contribution in [3.05, 3.63) is 30.1 Å². The summed E-state index contributed by atoms with van der Waals surface area (Å²) >= 11 is 0. The molecular formula is C13H14N2O2. The molecule has 1 aliphatic rings. The molecule has 3 heterocycles. The highest BCUT2D eigenvalue weighted by Crippen LogP contribution is 2.21. The van der Waals surface area contributed by atoms with E-state index < -0.39 is 0 Å². The third-order valence-corrected chi connectivity index (χ3v) is 3.19. The number of rotatable bonds is 3. The molecule has 0 spiro atoms. The van der Waals surface area contributed by atoms with E-state index in [0.717, 1.165) is 36.0 Å². The zero-order valence-electron chi connectivity index (χ0n) is 9.48. The first-order chi connectivity index (χ1) is 8.34. The van der Waals surface area contributed by atoms with Crippen molar-refractivity contribution in [2.24, 2.45) is 0 Å². The van der Waals surface area contributed by atoms with Crippen molar-refractivity contribution in [2.45, 2.75) is 25.4 Å². The number of carbonyl (C=O) groups is 1. The fourth-order valence-electron chi connectivity index (χ4n) is 2.31. The number of hydrogen-bond donors (Lipinski definition) is 1. The first kappa shape index (κ1) is 10.5. The summed E-state index contributed by atoms with van der Waals surface area (Å²) < 4.78 is 5.49. The zero-order chi connectivity index (χ0) is 11.7. The highest BCUT2D eigenvalue weighted by atomic mass is 16.5. The van der Waals surface area contributed by atoms with Gasteiger partial charge in [0.25, 0.3) is 0 Å². The Bertz CT molecular complexity index is 541. The minimum absolute atomic E-state index is 0.101. The number of H-pyrrole nitrogens is 1. The molecule has 88 valence electrons. The number of pyridine rings is 1. The summed E-state index contributed by atoms with van der Waals surface area (Å²) in [6, 6.07) is 3.76. The lowest BCUT2D eigenvalue weighted by molar-refractivity contribution is 0.0777. The molecule has 0 bridgehead atoms. The molecule has 2 aromatic rings. The van der Waals surface area contributed by atoms with E-state index in [0.29, 0.717) is 6.42 Å². The normalized spacial score (nSPS) is 19.9. The minimum Gasteiger partial charge on any atom is -0.378 e. The number of ketones is 1. The second-order valence-electron chi connectivity index (χ2n) is 4.36. The van der Waals surface area contributed by atoms with Crippen LogP contribution < -0.4 is 0 Å². The summed E-state index contributed by atoms with van der Waals surface area (Å²) in [5.74, 6) is 0.135. The van der Waals surface area contributed by atoms with E-state index in [2.05, 4.69) is 9.97 Å². The van der Waals surface area contributed by atoms with Crippen LogP contribution in [-0.2, 0) is 4.74 Å². The summed E-state index contributed by atoms with van der Waals surface area (Å²) in [5, 5.41) is 0.899. The minimum atomic E-state index is 0.101. The largest absolute Gasteiger partial charge is 0.378 e. The van der Waals surface area contributed by atoms with Crippen molar-refractivity contribution in [3.8, 4) is 0 Å². The Morgan fingerprint density at radius 1 is 1.59 bits per heavy atom. The molecule has 4 heteroatoms. The maximum absolute atomic E-state index is 12.1. The Hall–Kier alpha value is -1.68. The van der Waals surface area contributed by atoms with Crippen LogP contribution in [0.3, 0.4) is 0 Å². The summed E-state index contributed by atoms with van der Waals surface area (Å²) in [7, 11) is 0. The topological polar surface area (TPSA) is 55.0 Å². The van der Waals surface area contributed by atoms with Gasteiger partial charge in [0.05, 0.1) is 6.10 Å². The summed E-state index contributed by atoms with van der Waals surface area (Å²) in [6.45, 7) is 0.785. The molecule has 1 unspecified atom stereocenters. The SMILES string of the molecule is O=C(CC1CCCO1)c1c[nH]c2ncccc12. The molecule has 17 heavy (non-hydrogen) atoms. The number of aromatic nitrogens is 2. The number of aromatic amines is 1. The fraction of sp³-hybridized carbons (Fsp3) is 0.385. The molecule has 0 saturated carbocycles. The van der Waals surface area contributed by atoms with Crippen molar-refractivity contribution in [2.75, 3.05) is 6.61 Å². The standard InChI is InChI=1S/C13H14N2O2/c16-12(7-9-3-2-6-17-9)11-8-15-13-10(11)4-1-5-14-13/h1,4-5,8-9H,2-3,6-7H2,(H,14,15). The average Bonchev–Trinajstić information content (AvgIpc) is 2.96. The van der Waals surface area contributed by atoms with Crippen molar-refractivity contribution >= 4 is 16.8 Å². The van der Waals surface area contributed by atoms with Gasteiger partial charge < -0.3 is 9.72 Å². The molecule has 0 radical (unpaired) electrons. The predicted octanol–water partition coefficient (Wildman–Crippen LogP) is 2.31. The summed E-state index contributed by atoms with van der Waals surface area (Å²) in [6.07, 6.45) is 6.09. The second kappa shape index (κ2) is 4.30. The molecule has 1 saturated heterocycles. The molecule has 0 aliphatic carbocycles. The van der Waals surface area contributed by atoms with Crippen LogP contribution in [0.25, 0.3) is 11.0 Å². The molecule has 4 nitrogen and oxygen atoms in total. The lowest BCUT2D eigenvalue weighted by atomic mass is 10.0. The van der Waals surface area contributed by atoms with Crippen LogP contribution in [0.4, 0.5) is 0 Å². The first-order valence-corrected chi connectivity index (χ1v) is 5.91. The van der Waals surface area contributed by atoms with Crippen molar-refractivity contribution in [3.63, 3.8) is 0 Å². The van der Waals surface area contributed by atoms with Crippen molar-refractivity contribution in [1.29, 1.82) is 0 Å². The van der Waals surface area contributed by atoms with E-state index in [4.69, 9.17) is 4.74 Å². The smallest absolute Gasteiger partial charge is 0.167 e. The number of ether oxygens (including phenoxy) is 1. The van der Waals surface area contributed by atoms with Gasteiger partial charge in [-0.3, -0.25) is 4.79 Å². The molecular weight excluding hydrogens is 216 g/mol. The number of nitrogens with one attached hydrogen (secondary N) is 1. The molecule has 1 fully saturated rings. The highest BCUT2D eigenvalue weighted by Gasteiger charge is 2.21. The van der Waals surface area contributed by atoms with E-state index in [9.17, 15) is 4.79 Å². The predicted molar refractivity (Wildman–Crippen MR) is 64.0 cm³/mol. The third kappa shape index (κ3) is 1.96. The highest BCUT2D eigenvalue weighted by molar-refractivity contribution is 6.07. The molecule has 1 atom stereocenters. The van der Waals surface area contributed by atoms with Gasteiger partial charge >= 0.3 is 0 Å². The van der Waals surface area contributed by atoms with Crippen LogP contribution in [0.2, 0.25) is 0 Å². The number of fused-ring (bicyclic) bond motifs is 1. The lowest BCUT2D eigenvalue weighted by Gasteiger charge is -2.07. The van der Waals surface area contributed by atoms with Crippen LogP contribution in [-0.4, -0.2) is 28.5 Å². The second-order valence-corrected chi connectivity index (χ2v) is 4.36. The Morgan fingerprint density at radius 2 is 2.53 bits per heavy atom. The Kier molecular flexibility index (Phi) is 2.65. The van der Waals surface area contributed by atoms with Gasteiger partial charge in [-0.15, -0.1) is 0 Å². The monoisotopic (exact) mass is 230 g/mol. The van der Waals surface area contributed by atoms with Gasteiger partial charge in [-0.2, -0.15) is 0 Å². The Balaban J connectivity index is 1.85. The maximum Gasteiger partial charge on any atom is 0.167 e. The van der Waals surface area contributed by atoms with Gasteiger partial charge in [0.15, 0.2) is 5.78 Å². The summed E-state index contributed by atoms with van der Waals surface area (Å²) in [5.41, 5.74) is 1.49. The van der Waals surface area contributed by atoms with E-state index in [1.165, 1.54) is 0 Å². The Morgan fingerprint density at radius 3 is 3.35 bits per heavy atom. The number of Topliss-reactive ketones (excluding diaryl/α,β-unsaturated/α-hetero) is 1. The fourth-order valence-corrected chi connectivity index (χ4v) is 2.31. The van der Waals surface area contributed by atoms with E-state index in [-0.39, 0.29) is 11.9 Å². The van der Waals surface area contributed by atoms with Crippen LogP contribution >= 0.6 is 0 Å². The maximum atomic E-state index is 12.1. The zero-order valence-corrected chi connectivity index (χ0v) is 9.48. The van der Waals surface area contributed by atoms with Gasteiger partial charge in [-0.25, -0.2) is 4.98 Å². The number of nitrogens with zero attached hydrogens (tertiary/aromatic N) is 1. The molecule has 3 rings (SSSR count). The summed E-state index contributed by atoms with van der Waals surface area (Å²) in [4.78, 5) is 19.3. The van der Waals surface area contributed by atoms with E-state index in [1.807, 2.05) is 12.1 Å². The molecule has 0 amide bonds. The quantitative estimate of drug-likeness (QED) is 0.823. The van der Waals surface area contributed by atoms with Gasteiger partial charge in [0.1, 0.15) is 5.65 Å². The van der Waals surface area contributed by atoms with Gasteiger partial charge in [0.2, 0.25) is 0 Å². The van der Waals surface area contributed by atoms with Gasteiger partial charge in [0, 0.05) is 36.4 Å². The van der Waals surface area contributed by atoms with Crippen molar-refractivity contribution in [1.82, 2.24) is 9.97 Å². The van der Waals surface area contributed by atoms with Gasteiger partial charge in [-0.05, 0) is 25.0 Å². The van der Waals surface area contributed by atoms with Crippen LogP contribution in [0.1, 0.15) is 29.6 Å². The van der Waals surface area contributed by atoms with E-state index >= 15 is 0 Å². The van der Waals surface area contributed by atoms with Crippen LogP contribution in [0, 0.1) is 0 Å². The number of hydrogen-bond acceptors (Lipinski definition) is 3. The van der Waals surface area contributed by atoms with Crippen LogP contribution in [0.5, 0.6) is 0 Å². The molecule has 1 aliphatic heterocycles. The third-order valence-electron chi connectivity index (χ3n) is 3.19. The first-order valence-electron chi connectivity index (χ1n) is 5.91. The van der Waals surface area contributed by atoms with Gasteiger partial charge in [-0.1, -0.05) is 0 Å². The molecule has 1 N–H and O–H groups in total. The lowest BCUT2D eigenvalue weighted by Crippen LogP contribution is -2.12. The molecule has 0 aromatic carbocycles. The van der Waals surface area contributed by atoms with Crippen molar-refractivity contribution < 1.29 is 9.53 Å². The Labute approximate surface area is 99.0 Å².